The number of hydrogen-bond acceptors (Lipinski definition) is 5. The van der Waals surface area contributed by atoms with Crippen molar-refractivity contribution in [3.05, 3.63) is 71.2 Å². The van der Waals surface area contributed by atoms with E-state index in [9.17, 15) is 9.90 Å². The molecule has 0 saturated heterocycles. The van der Waals surface area contributed by atoms with Gasteiger partial charge in [0.2, 0.25) is 0 Å². The Morgan fingerprint density at radius 3 is 2.54 bits per heavy atom. The molecule has 118 valence electrons. The van der Waals surface area contributed by atoms with Gasteiger partial charge in [0.1, 0.15) is 22.9 Å². The highest BCUT2D eigenvalue weighted by molar-refractivity contribution is 7.18. The van der Waals surface area contributed by atoms with E-state index in [4.69, 9.17) is 4.74 Å². The van der Waals surface area contributed by atoms with Gasteiger partial charge in [-0.2, -0.15) is 0 Å². The maximum atomic E-state index is 12.3. The van der Waals surface area contributed by atoms with Crippen LogP contribution in [0.1, 0.15) is 15.4 Å². The van der Waals surface area contributed by atoms with Crippen LogP contribution in [0.15, 0.2) is 60.7 Å². The lowest BCUT2D eigenvalue weighted by molar-refractivity contribution is 0.0469. The summed E-state index contributed by atoms with van der Waals surface area (Å²) >= 11 is 1.49. The van der Waals surface area contributed by atoms with E-state index in [2.05, 4.69) is 4.98 Å². The van der Waals surface area contributed by atoms with E-state index in [0.29, 0.717) is 0 Å². The van der Waals surface area contributed by atoms with Gasteiger partial charge in [-0.05, 0) is 35.0 Å². The van der Waals surface area contributed by atoms with Gasteiger partial charge in [0.05, 0.1) is 10.2 Å². The molecule has 0 saturated carbocycles. The molecule has 0 atom stereocenters. The molecule has 0 bridgehead atoms. The second kappa shape index (κ2) is 5.94. The van der Waals surface area contributed by atoms with Crippen molar-refractivity contribution in [3.8, 4) is 5.75 Å². The van der Waals surface area contributed by atoms with Crippen LogP contribution in [0.25, 0.3) is 21.0 Å². The normalized spacial score (nSPS) is 11.0. The first-order valence-electron chi connectivity index (χ1n) is 7.44. The first kappa shape index (κ1) is 14.7. The molecule has 1 N–H and O–H groups in total. The molecule has 4 aromatic rings. The fourth-order valence-corrected chi connectivity index (χ4v) is 3.46. The van der Waals surface area contributed by atoms with Crippen molar-refractivity contribution in [2.24, 2.45) is 0 Å². The van der Waals surface area contributed by atoms with Crippen molar-refractivity contribution >= 4 is 38.3 Å². The number of nitrogens with zero attached hydrogens (tertiary/aromatic N) is 1. The minimum absolute atomic E-state index is 0.0806. The molecule has 4 rings (SSSR count). The highest BCUT2D eigenvalue weighted by Crippen LogP contribution is 2.27. The number of fused-ring (bicyclic) bond motifs is 2. The topological polar surface area (TPSA) is 59.4 Å². The molecular formula is C19H13NO3S. The molecule has 3 aromatic carbocycles. The van der Waals surface area contributed by atoms with E-state index in [-0.39, 0.29) is 17.9 Å². The van der Waals surface area contributed by atoms with Gasteiger partial charge < -0.3 is 9.84 Å². The molecule has 0 unspecified atom stereocenters. The number of rotatable bonds is 3. The second-order valence-electron chi connectivity index (χ2n) is 5.37. The standard InChI is InChI=1S/C19H13NO3S/c21-16-10-13-6-2-1-5-12(13)9-14(16)19(22)23-11-18-20-15-7-3-4-8-17(15)24-18/h1-10,21H,11H2. The van der Waals surface area contributed by atoms with Gasteiger partial charge in [0.15, 0.2) is 0 Å². The predicted octanol–water partition coefficient (Wildman–Crippen LogP) is 4.51. The molecule has 4 nitrogen and oxygen atoms in total. The van der Waals surface area contributed by atoms with E-state index >= 15 is 0 Å². The van der Waals surface area contributed by atoms with E-state index in [1.54, 1.807) is 12.1 Å². The zero-order valence-electron chi connectivity index (χ0n) is 12.6. The van der Waals surface area contributed by atoms with Crippen molar-refractivity contribution in [1.29, 1.82) is 0 Å². The Morgan fingerprint density at radius 2 is 1.75 bits per heavy atom. The van der Waals surface area contributed by atoms with Gasteiger partial charge in [0, 0.05) is 0 Å². The third kappa shape index (κ3) is 2.70. The number of benzene rings is 3. The highest BCUT2D eigenvalue weighted by Gasteiger charge is 2.15. The molecule has 0 aliphatic rings. The lowest BCUT2D eigenvalue weighted by Gasteiger charge is -2.07. The first-order valence-corrected chi connectivity index (χ1v) is 8.26. The van der Waals surface area contributed by atoms with Crippen molar-refractivity contribution in [2.75, 3.05) is 0 Å². The number of para-hydroxylation sites is 1. The number of thiazole rings is 1. The Morgan fingerprint density at radius 1 is 1.04 bits per heavy atom. The van der Waals surface area contributed by atoms with E-state index in [1.165, 1.54) is 11.3 Å². The average Bonchev–Trinajstić information content (AvgIpc) is 3.02. The molecule has 0 aliphatic heterocycles. The Hall–Kier alpha value is -2.92. The molecule has 24 heavy (non-hydrogen) atoms. The summed E-state index contributed by atoms with van der Waals surface area (Å²) in [4.78, 5) is 16.7. The number of carbonyl (C=O) groups excluding carboxylic acids is 1. The number of ether oxygens (including phenoxy) is 1. The molecular weight excluding hydrogens is 322 g/mol. The fourth-order valence-electron chi connectivity index (χ4n) is 2.58. The van der Waals surface area contributed by atoms with Gasteiger partial charge in [0.25, 0.3) is 0 Å². The summed E-state index contributed by atoms with van der Waals surface area (Å²) in [5.74, 6) is -0.638. The van der Waals surface area contributed by atoms with Gasteiger partial charge in [-0.3, -0.25) is 0 Å². The third-order valence-electron chi connectivity index (χ3n) is 3.75. The summed E-state index contributed by atoms with van der Waals surface area (Å²) in [7, 11) is 0. The van der Waals surface area contributed by atoms with Gasteiger partial charge >= 0.3 is 5.97 Å². The quantitative estimate of drug-likeness (QED) is 0.560. The van der Waals surface area contributed by atoms with Crippen molar-refractivity contribution in [3.63, 3.8) is 0 Å². The summed E-state index contributed by atoms with van der Waals surface area (Å²) in [5.41, 5.74) is 1.05. The molecule has 1 heterocycles. The smallest absolute Gasteiger partial charge is 0.342 e. The SMILES string of the molecule is O=C(OCc1nc2ccccc2s1)c1cc2ccccc2cc1O. The van der Waals surface area contributed by atoms with Crippen molar-refractivity contribution in [1.82, 2.24) is 4.98 Å². The Labute approximate surface area is 142 Å². The van der Waals surface area contributed by atoms with Gasteiger partial charge in [-0.25, -0.2) is 9.78 Å². The fraction of sp³-hybridized carbons (Fsp3) is 0.0526. The Bertz CT molecular complexity index is 1020. The van der Waals surface area contributed by atoms with Crippen LogP contribution in [0.4, 0.5) is 0 Å². The number of aromatic hydroxyl groups is 1. The zero-order chi connectivity index (χ0) is 16.5. The summed E-state index contributed by atoms with van der Waals surface area (Å²) < 4.78 is 6.38. The van der Waals surface area contributed by atoms with Crippen LogP contribution in [0.5, 0.6) is 5.75 Å². The summed E-state index contributed by atoms with van der Waals surface area (Å²) in [6.45, 7) is 0.0877. The lowest BCUT2D eigenvalue weighted by Crippen LogP contribution is -2.05. The molecule has 5 heteroatoms. The molecule has 0 amide bonds. The van der Waals surface area contributed by atoms with E-state index < -0.39 is 5.97 Å². The Kier molecular flexibility index (Phi) is 3.63. The van der Waals surface area contributed by atoms with Crippen molar-refractivity contribution in [2.45, 2.75) is 6.61 Å². The highest BCUT2D eigenvalue weighted by atomic mass is 32.1. The average molecular weight is 335 g/mol. The minimum Gasteiger partial charge on any atom is -0.507 e. The van der Waals surface area contributed by atoms with E-state index in [1.807, 2.05) is 48.5 Å². The van der Waals surface area contributed by atoms with Crippen LogP contribution in [-0.2, 0) is 11.3 Å². The van der Waals surface area contributed by atoms with Crippen LogP contribution in [0.3, 0.4) is 0 Å². The number of phenols is 1. The second-order valence-corrected chi connectivity index (χ2v) is 6.48. The number of esters is 1. The van der Waals surface area contributed by atoms with Crippen LogP contribution < -0.4 is 0 Å². The predicted molar refractivity (Wildman–Crippen MR) is 94.4 cm³/mol. The molecule has 0 fully saturated rings. The maximum Gasteiger partial charge on any atom is 0.342 e. The largest absolute Gasteiger partial charge is 0.507 e. The van der Waals surface area contributed by atoms with Crippen molar-refractivity contribution < 1.29 is 14.6 Å². The van der Waals surface area contributed by atoms with Crippen LogP contribution in [0.2, 0.25) is 0 Å². The molecule has 0 spiro atoms. The third-order valence-corrected chi connectivity index (χ3v) is 4.76. The number of carbonyl (C=O) groups is 1. The van der Waals surface area contributed by atoms with Gasteiger partial charge in [-0.1, -0.05) is 36.4 Å². The van der Waals surface area contributed by atoms with Gasteiger partial charge in [-0.15, -0.1) is 11.3 Å². The number of aromatic nitrogens is 1. The van der Waals surface area contributed by atoms with Crippen LogP contribution in [-0.4, -0.2) is 16.1 Å². The van der Waals surface area contributed by atoms with E-state index in [0.717, 1.165) is 26.0 Å². The summed E-state index contributed by atoms with van der Waals surface area (Å²) in [5, 5.41) is 12.6. The molecule has 1 aromatic heterocycles. The Balaban J connectivity index is 1.56. The summed E-state index contributed by atoms with van der Waals surface area (Å²) in [6.07, 6.45) is 0. The monoisotopic (exact) mass is 335 g/mol. The lowest BCUT2D eigenvalue weighted by atomic mass is 10.1. The maximum absolute atomic E-state index is 12.3. The first-order chi connectivity index (χ1) is 11.7. The zero-order valence-corrected chi connectivity index (χ0v) is 13.4. The molecule has 0 aliphatic carbocycles. The van der Waals surface area contributed by atoms with Crippen LogP contribution >= 0.6 is 11.3 Å². The number of phenolic OH excluding ortho intramolecular Hbond substituents is 1. The molecule has 0 radical (unpaired) electrons. The summed E-state index contributed by atoms with van der Waals surface area (Å²) in [6, 6.07) is 18.5. The van der Waals surface area contributed by atoms with Crippen LogP contribution in [0, 0.1) is 0 Å². The number of hydrogen-bond donors (Lipinski definition) is 1. The minimum atomic E-state index is -0.558.